The zero-order valence-corrected chi connectivity index (χ0v) is 7.89. The van der Waals surface area contributed by atoms with Crippen LogP contribution in [0.25, 0.3) is 0 Å². The molecular formula is C7H15NO2S. The van der Waals surface area contributed by atoms with E-state index >= 15 is 0 Å². The molecule has 4 heteroatoms. The zero-order valence-electron chi connectivity index (χ0n) is 7.08. The third-order valence-corrected chi connectivity index (χ3v) is 3.71. The van der Waals surface area contributed by atoms with Gasteiger partial charge in [-0.1, -0.05) is 12.8 Å². The van der Waals surface area contributed by atoms with E-state index in [-0.39, 0.29) is 6.04 Å². The average Bonchev–Trinajstić information content (AvgIpc) is 2.34. The van der Waals surface area contributed by atoms with E-state index < -0.39 is 10.0 Å². The third kappa shape index (κ3) is 2.17. The van der Waals surface area contributed by atoms with Crippen molar-refractivity contribution in [1.29, 1.82) is 0 Å². The summed E-state index contributed by atoms with van der Waals surface area (Å²) >= 11 is 0. The van der Waals surface area contributed by atoms with Crippen LogP contribution < -0.4 is 0 Å². The van der Waals surface area contributed by atoms with Crippen LogP contribution in [0.4, 0.5) is 0 Å². The molecule has 1 rings (SSSR count). The van der Waals surface area contributed by atoms with Crippen LogP contribution in [0.15, 0.2) is 0 Å². The van der Waals surface area contributed by atoms with E-state index in [0.717, 1.165) is 12.8 Å². The van der Waals surface area contributed by atoms with E-state index in [2.05, 4.69) is 0 Å². The number of rotatable bonds is 2. The summed E-state index contributed by atoms with van der Waals surface area (Å²) in [4.78, 5) is 0. The van der Waals surface area contributed by atoms with Crippen LogP contribution >= 0.6 is 0 Å². The summed E-state index contributed by atoms with van der Waals surface area (Å²) in [5.74, 6) is 0. The molecule has 0 heterocycles. The average molecular weight is 177 g/mol. The molecule has 1 aliphatic rings. The normalized spacial score (nSPS) is 21.4. The minimum atomic E-state index is -2.95. The summed E-state index contributed by atoms with van der Waals surface area (Å²) in [6, 6.07) is 0.269. The fraction of sp³-hybridized carbons (Fsp3) is 1.00. The van der Waals surface area contributed by atoms with Gasteiger partial charge in [0, 0.05) is 13.1 Å². The first-order chi connectivity index (χ1) is 5.02. The highest BCUT2D eigenvalue weighted by molar-refractivity contribution is 7.88. The van der Waals surface area contributed by atoms with Gasteiger partial charge in [0.1, 0.15) is 0 Å². The van der Waals surface area contributed by atoms with Crippen molar-refractivity contribution in [3.8, 4) is 0 Å². The Balaban J connectivity index is 2.60. The molecule has 0 spiro atoms. The fourth-order valence-electron chi connectivity index (χ4n) is 1.54. The van der Waals surface area contributed by atoms with E-state index in [1.807, 2.05) is 0 Å². The van der Waals surface area contributed by atoms with Crippen molar-refractivity contribution in [1.82, 2.24) is 4.31 Å². The van der Waals surface area contributed by atoms with Crippen LogP contribution in [0.3, 0.4) is 0 Å². The molecule has 11 heavy (non-hydrogen) atoms. The van der Waals surface area contributed by atoms with Gasteiger partial charge in [0.25, 0.3) is 0 Å². The van der Waals surface area contributed by atoms with Crippen molar-refractivity contribution in [2.45, 2.75) is 31.7 Å². The monoisotopic (exact) mass is 177 g/mol. The zero-order chi connectivity index (χ0) is 8.48. The van der Waals surface area contributed by atoms with Gasteiger partial charge in [0.15, 0.2) is 0 Å². The molecule has 1 saturated carbocycles. The first-order valence-corrected chi connectivity index (χ1v) is 5.79. The predicted molar refractivity (Wildman–Crippen MR) is 44.9 cm³/mol. The lowest BCUT2D eigenvalue weighted by Crippen LogP contribution is -2.34. The first kappa shape index (κ1) is 9.00. The summed E-state index contributed by atoms with van der Waals surface area (Å²) in [5.41, 5.74) is 0. The van der Waals surface area contributed by atoms with Crippen LogP contribution in [0.1, 0.15) is 25.7 Å². The van der Waals surface area contributed by atoms with Crippen molar-refractivity contribution in [3.05, 3.63) is 0 Å². The van der Waals surface area contributed by atoms with Crippen LogP contribution in [0, 0.1) is 0 Å². The van der Waals surface area contributed by atoms with E-state index in [1.165, 1.54) is 23.4 Å². The van der Waals surface area contributed by atoms with Gasteiger partial charge < -0.3 is 0 Å². The molecule has 1 fully saturated rings. The maximum absolute atomic E-state index is 11.0. The Morgan fingerprint density at radius 1 is 1.27 bits per heavy atom. The number of sulfonamides is 1. The molecule has 0 aliphatic heterocycles. The van der Waals surface area contributed by atoms with Gasteiger partial charge in [0.2, 0.25) is 10.0 Å². The van der Waals surface area contributed by atoms with E-state index in [9.17, 15) is 8.42 Å². The van der Waals surface area contributed by atoms with Crippen molar-refractivity contribution < 1.29 is 8.42 Å². The Kier molecular flexibility index (Phi) is 2.54. The fourth-order valence-corrected chi connectivity index (χ4v) is 2.29. The lowest BCUT2D eigenvalue weighted by Gasteiger charge is -2.20. The van der Waals surface area contributed by atoms with Gasteiger partial charge in [0.05, 0.1) is 6.26 Å². The summed E-state index contributed by atoms with van der Waals surface area (Å²) in [6.07, 6.45) is 5.67. The standard InChI is InChI=1S/C7H15NO2S/c1-8(11(2,9)10)7-5-3-4-6-7/h7H,3-6H2,1-2H3. The molecule has 0 aromatic rings. The van der Waals surface area contributed by atoms with Crippen LogP contribution in [0.5, 0.6) is 0 Å². The largest absolute Gasteiger partial charge is 0.213 e. The van der Waals surface area contributed by atoms with Crippen molar-refractivity contribution in [3.63, 3.8) is 0 Å². The second kappa shape index (κ2) is 3.11. The van der Waals surface area contributed by atoms with Crippen molar-refractivity contribution in [2.75, 3.05) is 13.3 Å². The molecule has 0 amide bonds. The van der Waals surface area contributed by atoms with Gasteiger partial charge >= 0.3 is 0 Å². The summed E-state index contributed by atoms with van der Waals surface area (Å²) < 4.78 is 23.6. The lowest BCUT2D eigenvalue weighted by atomic mass is 10.3. The highest BCUT2D eigenvalue weighted by Crippen LogP contribution is 2.23. The molecular weight excluding hydrogens is 162 g/mol. The molecule has 0 aromatic heterocycles. The molecule has 1 aliphatic carbocycles. The van der Waals surface area contributed by atoms with Crippen molar-refractivity contribution in [2.24, 2.45) is 0 Å². The number of hydrogen-bond donors (Lipinski definition) is 0. The smallest absolute Gasteiger partial charge is 0.211 e. The minimum Gasteiger partial charge on any atom is -0.213 e. The molecule has 0 unspecified atom stereocenters. The Morgan fingerprint density at radius 3 is 2.09 bits per heavy atom. The van der Waals surface area contributed by atoms with E-state index in [4.69, 9.17) is 0 Å². The van der Waals surface area contributed by atoms with Gasteiger partial charge in [-0.15, -0.1) is 0 Å². The van der Waals surface area contributed by atoms with Gasteiger partial charge in [-0.3, -0.25) is 0 Å². The summed E-state index contributed by atoms with van der Waals surface area (Å²) in [6.45, 7) is 0. The van der Waals surface area contributed by atoms with Gasteiger partial charge in [-0.05, 0) is 12.8 Å². The second-order valence-corrected chi connectivity index (χ2v) is 5.26. The highest BCUT2D eigenvalue weighted by atomic mass is 32.2. The molecule has 66 valence electrons. The lowest BCUT2D eigenvalue weighted by molar-refractivity contribution is 0.376. The van der Waals surface area contributed by atoms with Crippen molar-refractivity contribution >= 4 is 10.0 Å². The van der Waals surface area contributed by atoms with Crippen LogP contribution in [-0.4, -0.2) is 32.1 Å². The highest BCUT2D eigenvalue weighted by Gasteiger charge is 2.24. The maximum atomic E-state index is 11.0. The predicted octanol–water partition coefficient (Wildman–Crippen LogP) is 0.820. The molecule has 0 radical (unpaired) electrons. The minimum absolute atomic E-state index is 0.269. The molecule has 3 nitrogen and oxygen atoms in total. The summed E-state index contributed by atoms with van der Waals surface area (Å²) in [5, 5.41) is 0. The third-order valence-electron chi connectivity index (χ3n) is 2.36. The molecule has 0 aromatic carbocycles. The maximum Gasteiger partial charge on any atom is 0.211 e. The van der Waals surface area contributed by atoms with Crippen LogP contribution in [-0.2, 0) is 10.0 Å². The Hall–Kier alpha value is -0.0900. The van der Waals surface area contributed by atoms with E-state index in [1.54, 1.807) is 7.05 Å². The topological polar surface area (TPSA) is 37.4 Å². The first-order valence-electron chi connectivity index (χ1n) is 3.95. The van der Waals surface area contributed by atoms with Gasteiger partial charge in [-0.25, -0.2) is 12.7 Å². The molecule has 0 atom stereocenters. The second-order valence-electron chi connectivity index (χ2n) is 3.22. The SMILES string of the molecule is CN(C1CCCC1)S(C)(=O)=O. The molecule has 0 saturated heterocycles. The Labute approximate surface area is 68.4 Å². The van der Waals surface area contributed by atoms with Crippen LogP contribution in [0.2, 0.25) is 0 Å². The van der Waals surface area contributed by atoms with Gasteiger partial charge in [-0.2, -0.15) is 0 Å². The quantitative estimate of drug-likeness (QED) is 0.626. The Morgan fingerprint density at radius 2 is 1.73 bits per heavy atom. The summed E-state index contributed by atoms with van der Waals surface area (Å²) in [7, 11) is -1.28. The number of nitrogens with zero attached hydrogens (tertiary/aromatic N) is 1. The Bertz CT molecular complexity index is 217. The molecule has 0 bridgehead atoms. The number of hydrogen-bond acceptors (Lipinski definition) is 2. The van der Waals surface area contributed by atoms with E-state index in [0.29, 0.717) is 0 Å². The molecule has 0 N–H and O–H groups in total.